The van der Waals surface area contributed by atoms with E-state index in [1.165, 1.54) is 28.4 Å². The van der Waals surface area contributed by atoms with Crippen molar-refractivity contribution in [2.45, 2.75) is 65.0 Å². The summed E-state index contributed by atoms with van der Waals surface area (Å²) in [6, 6.07) is 0. The number of nitrogens with zero attached hydrogens (tertiary/aromatic N) is 1. The normalized spacial score (nSPS) is 16.8. The van der Waals surface area contributed by atoms with E-state index in [4.69, 9.17) is 4.98 Å². The largest absolute Gasteiger partial charge is 0.307 e. The minimum absolute atomic E-state index is 0.189. The molecule has 3 heteroatoms. The molecule has 1 saturated carbocycles. The maximum absolute atomic E-state index is 4.77. The quantitative estimate of drug-likeness (QED) is 0.869. The zero-order valence-corrected chi connectivity index (χ0v) is 11.6. The predicted molar refractivity (Wildman–Crippen MR) is 70.1 cm³/mol. The smallest absolute Gasteiger partial charge is 0.0962 e. The summed E-state index contributed by atoms with van der Waals surface area (Å²) in [6.07, 6.45) is 3.76. The van der Waals surface area contributed by atoms with E-state index in [1.807, 2.05) is 11.3 Å². The molecule has 90 valence electrons. The van der Waals surface area contributed by atoms with Crippen LogP contribution in [0, 0.1) is 0 Å². The van der Waals surface area contributed by atoms with Crippen LogP contribution < -0.4 is 5.32 Å². The third kappa shape index (κ3) is 3.05. The lowest BCUT2D eigenvalue weighted by Crippen LogP contribution is -2.35. The molecule has 0 saturated heterocycles. The third-order valence-corrected chi connectivity index (χ3v) is 4.10. The molecule has 0 spiro atoms. The summed E-state index contributed by atoms with van der Waals surface area (Å²) in [4.78, 5) is 6.21. The van der Waals surface area contributed by atoms with Crippen LogP contribution in [0.3, 0.4) is 0 Å². The van der Waals surface area contributed by atoms with E-state index in [0.29, 0.717) is 0 Å². The van der Waals surface area contributed by atoms with Gasteiger partial charge in [0, 0.05) is 22.9 Å². The molecule has 1 heterocycles. The van der Waals surface area contributed by atoms with Gasteiger partial charge in [-0.25, -0.2) is 4.98 Å². The highest BCUT2D eigenvalue weighted by Gasteiger charge is 2.28. The van der Waals surface area contributed by atoms with Crippen molar-refractivity contribution in [1.82, 2.24) is 10.3 Å². The van der Waals surface area contributed by atoms with Crippen molar-refractivity contribution in [2.75, 3.05) is 0 Å². The standard InChI is InChI=1S/C13H22N2S/c1-5-10-11(8-14-13(2,3)4)16-12(15-10)9-6-7-9/h9,14H,5-8H2,1-4H3. The van der Waals surface area contributed by atoms with Crippen LogP contribution in [0.5, 0.6) is 0 Å². The molecule has 16 heavy (non-hydrogen) atoms. The monoisotopic (exact) mass is 238 g/mol. The highest BCUT2D eigenvalue weighted by Crippen LogP contribution is 2.42. The fourth-order valence-electron chi connectivity index (χ4n) is 1.67. The van der Waals surface area contributed by atoms with E-state index in [2.05, 4.69) is 33.0 Å². The van der Waals surface area contributed by atoms with Gasteiger partial charge in [0.25, 0.3) is 0 Å². The van der Waals surface area contributed by atoms with Crippen molar-refractivity contribution < 1.29 is 0 Å². The van der Waals surface area contributed by atoms with Gasteiger partial charge in [-0.3, -0.25) is 0 Å². The second-order valence-electron chi connectivity index (χ2n) is 5.65. The number of aryl methyl sites for hydroxylation is 1. The summed E-state index contributed by atoms with van der Waals surface area (Å²) in [6.45, 7) is 9.80. The molecule has 1 aromatic heterocycles. The summed E-state index contributed by atoms with van der Waals surface area (Å²) >= 11 is 1.92. The maximum Gasteiger partial charge on any atom is 0.0962 e. The van der Waals surface area contributed by atoms with Crippen LogP contribution in [0.4, 0.5) is 0 Å². The Labute approximate surface area is 102 Å². The van der Waals surface area contributed by atoms with Gasteiger partial charge >= 0.3 is 0 Å². The lowest BCUT2D eigenvalue weighted by molar-refractivity contribution is 0.425. The van der Waals surface area contributed by atoms with E-state index >= 15 is 0 Å². The minimum atomic E-state index is 0.189. The van der Waals surface area contributed by atoms with Crippen LogP contribution in [-0.4, -0.2) is 10.5 Å². The summed E-state index contributed by atoms with van der Waals surface area (Å²) < 4.78 is 0. The molecule has 0 radical (unpaired) electrons. The lowest BCUT2D eigenvalue weighted by atomic mass is 10.1. The topological polar surface area (TPSA) is 24.9 Å². The molecule has 0 bridgehead atoms. The number of aromatic nitrogens is 1. The minimum Gasteiger partial charge on any atom is -0.307 e. The molecule has 1 N–H and O–H groups in total. The molecule has 1 fully saturated rings. The Morgan fingerprint density at radius 1 is 1.38 bits per heavy atom. The van der Waals surface area contributed by atoms with Crippen molar-refractivity contribution in [3.63, 3.8) is 0 Å². The number of rotatable bonds is 4. The Kier molecular flexibility index (Phi) is 3.36. The van der Waals surface area contributed by atoms with Gasteiger partial charge in [0.1, 0.15) is 0 Å². The summed E-state index contributed by atoms with van der Waals surface area (Å²) in [7, 11) is 0. The van der Waals surface area contributed by atoms with Crippen LogP contribution in [0.1, 0.15) is 62.0 Å². The first-order chi connectivity index (χ1) is 7.49. The van der Waals surface area contributed by atoms with Crippen molar-refractivity contribution in [1.29, 1.82) is 0 Å². The van der Waals surface area contributed by atoms with Crippen LogP contribution >= 0.6 is 11.3 Å². The van der Waals surface area contributed by atoms with E-state index < -0.39 is 0 Å². The van der Waals surface area contributed by atoms with Gasteiger partial charge < -0.3 is 5.32 Å². The summed E-state index contributed by atoms with van der Waals surface area (Å²) in [5.41, 5.74) is 1.50. The van der Waals surface area contributed by atoms with E-state index in [1.54, 1.807) is 0 Å². The molecule has 2 nitrogen and oxygen atoms in total. The zero-order chi connectivity index (χ0) is 11.8. The Balaban J connectivity index is 2.06. The van der Waals surface area contributed by atoms with Gasteiger partial charge in [0.15, 0.2) is 0 Å². The molecule has 0 amide bonds. The fourth-order valence-corrected chi connectivity index (χ4v) is 2.93. The van der Waals surface area contributed by atoms with Crippen LogP contribution in [0.25, 0.3) is 0 Å². The van der Waals surface area contributed by atoms with Gasteiger partial charge in [-0.15, -0.1) is 11.3 Å². The van der Waals surface area contributed by atoms with E-state index in [-0.39, 0.29) is 5.54 Å². The van der Waals surface area contributed by atoms with Gasteiger partial charge in [0.05, 0.1) is 10.7 Å². The number of thiazole rings is 1. The average molecular weight is 238 g/mol. The van der Waals surface area contributed by atoms with E-state index in [9.17, 15) is 0 Å². The second-order valence-corrected chi connectivity index (χ2v) is 6.77. The highest BCUT2D eigenvalue weighted by atomic mass is 32.1. The number of hydrogen-bond acceptors (Lipinski definition) is 3. The van der Waals surface area contributed by atoms with Crippen LogP contribution in [0.15, 0.2) is 0 Å². The van der Waals surface area contributed by atoms with Crippen LogP contribution in [-0.2, 0) is 13.0 Å². The zero-order valence-electron chi connectivity index (χ0n) is 10.8. The average Bonchev–Trinajstić information content (AvgIpc) is 2.95. The summed E-state index contributed by atoms with van der Waals surface area (Å²) in [5.74, 6) is 0.790. The molecule has 0 atom stereocenters. The van der Waals surface area contributed by atoms with Crippen molar-refractivity contribution in [3.8, 4) is 0 Å². The Morgan fingerprint density at radius 2 is 2.06 bits per heavy atom. The molecular formula is C13H22N2S. The van der Waals surface area contributed by atoms with E-state index in [0.717, 1.165) is 18.9 Å². The third-order valence-electron chi connectivity index (χ3n) is 2.84. The molecule has 1 aliphatic rings. The number of hydrogen-bond donors (Lipinski definition) is 1. The molecule has 0 aliphatic heterocycles. The lowest BCUT2D eigenvalue weighted by Gasteiger charge is -2.20. The van der Waals surface area contributed by atoms with Gasteiger partial charge in [-0.05, 0) is 40.0 Å². The van der Waals surface area contributed by atoms with Crippen molar-refractivity contribution >= 4 is 11.3 Å². The first-order valence-electron chi connectivity index (χ1n) is 6.23. The van der Waals surface area contributed by atoms with Gasteiger partial charge in [-0.2, -0.15) is 0 Å². The fraction of sp³-hybridized carbons (Fsp3) is 0.769. The Morgan fingerprint density at radius 3 is 2.56 bits per heavy atom. The first kappa shape index (κ1) is 12.1. The molecular weight excluding hydrogens is 216 g/mol. The number of nitrogens with one attached hydrogen (secondary N) is 1. The van der Waals surface area contributed by atoms with Gasteiger partial charge in [-0.1, -0.05) is 6.92 Å². The van der Waals surface area contributed by atoms with Crippen LogP contribution in [0.2, 0.25) is 0 Å². The summed E-state index contributed by atoms with van der Waals surface area (Å²) in [5, 5.41) is 4.93. The SMILES string of the molecule is CCc1nc(C2CC2)sc1CNC(C)(C)C. The second kappa shape index (κ2) is 4.46. The van der Waals surface area contributed by atoms with Gasteiger partial charge in [0.2, 0.25) is 0 Å². The first-order valence-corrected chi connectivity index (χ1v) is 7.04. The molecule has 1 aliphatic carbocycles. The van der Waals surface area contributed by atoms with Crippen molar-refractivity contribution in [2.24, 2.45) is 0 Å². The Bertz CT molecular complexity index is 358. The molecule has 2 rings (SSSR count). The highest BCUT2D eigenvalue weighted by molar-refractivity contribution is 7.11. The Hall–Kier alpha value is -0.410. The molecule has 0 unspecified atom stereocenters. The maximum atomic E-state index is 4.77. The predicted octanol–water partition coefficient (Wildman–Crippen LogP) is 3.47. The van der Waals surface area contributed by atoms with Crippen molar-refractivity contribution in [3.05, 3.63) is 15.6 Å². The molecule has 0 aromatic carbocycles. The molecule has 1 aromatic rings.